The molecule has 1 aromatic heterocycles. The highest BCUT2D eigenvalue weighted by Crippen LogP contribution is 2.33. The van der Waals surface area contributed by atoms with Gasteiger partial charge in [0.2, 0.25) is 11.7 Å². The summed E-state index contributed by atoms with van der Waals surface area (Å²) in [4.78, 5) is 4.58. The van der Waals surface area contributed by atoms with E-state index in [9.17, 15) is 0 Å². The molecule has 2 atom stereocenters. The fourth-order valence-corrected chi connectivity index (χ4v) is 2.88. The Kier molecular flexibility index (Phi) is 5.76. The second kappa shape index (κ2) is 7.36. The molecule has 0 aliphatic carbocycles. The molecule has 2 rings (SSSR count). The summed E-state index contributed by atoms with van der Waals surface area (Å²) in [6.45, 7) is 10.5. The molecular weight excluding hydrogens is 266 g/mol. The highest BCUT2D eigenvalue weighted by molar-refractivity contribution is 5.02. The van der Waals surface area contributed by atoms with Crippen LogP contribution in [0.15, 0.2) is 4.52 Å². The molecule has 1 N–H and O–H groups in total. The van der Waals surface area contributed by atoms with Gasteiger partial charge in [0.25, 0.3) is 0 Å². The molecule has 120 valence electrons. The Morgan fingerprint density at radius 1 is 1.38 bits per heavy atom. The molecule has 0 bridgehead atoms. The monoisotopic (exact) mass is 295 g/mol. The van der Waals surface area contributed by atoms with Crippen LogP contribution in [-0.2, 0) is 16.8 Å². The third-order valence-electron chi connectivity index (χ3n) is 4.02. The van der Waals surface area contributed by atoms with Crippen molar-refractivity contribution < 1.29 is 9.26 Å². The van der Waals surface area contributed by atoms with E-state index in [1.807, 2.05) is 0 Å². The molecule has 0 radical (unpaired) electrons. The lowest BCUT2D eigenvalue weighted by Crippen LogP contribution is -2.33. The molecule has 0 amide bonds. The second-order valence-electron chi connectivity index (χ2n) is 6.68. The van der Waals surface area contributed by atoms with Gasteiger partial charge in [-0.1, -0.05) is 25.9 Å². The first-order valence-corrected chi connectivity index (χ1v) is 8.24. The average molecular weight is 295 g/mol. The standard InChI is InChI=1S/C16H29N3O2/c1-5-8-17-13(10-12(2)3)11-14-18-15(19-21-14)16(4)7-6-9-20-16/h12-13,17H,5-11H2,1-4H3. The van der Waals surface area contributed by atoms with Crippen molar-refractivity contribution in [2.75, 3.05) is 13.2 Å². The Labute approximate surface area is 127 Å². The maximum atomic E-state index is 5.77. The number of ether oxygens (including phenoxy) is 1. The van der Waals surface area contributed by atoms with Gasteiger partial charge in [0.1, 0.15) is 5.60 Å². The highest BCUT2D eigenvalue weighted by Gasteiger charge is 2.36. The molecule has 1 saturated heterocycles. The van der Waals surface area contributed by atoms with Crippen molar-refractivity contribution in [3.8, 4) is 0 Å². The quantitative estimate of drug-likeness (QED) is 0.798. The predicted molar refractivity (Wildman–Crippen MR) is 82.1 cm³/mol. The Balaban J connectivity index is 1.98. The first-order chi connectivity index (χ1) is 10.0. The summed E-state index contributed by atoms with van der Waals surface area (Å²) in [5.41, 5.74) is -0.355. The van der Waals surface area contributed by atoms with Crippen molar-refractivity contribution in [3.05, 3.63) is 11.7 Å². The number of nitrogens with zero attached hydrogens (tertiary/aromatic N) is 2. The number of aromatic nitrogens is 2. The van der Waals surface area contributed by atoms with Crippen LogP contribution in [0.2, 0.25) is 0 Å². The second-order valence-corrected chi connectivity index (χ2v) is 6.68. The van der Waals surface area contributed by atoms with E-state index in [2.05, 4.69) is 43.2 Å². The minimum absolute atomic E-state index is 0.355. The van der Waals surface area contributed by atoms with Crippen molar-refractivity contribution in [1.82, 2.24) is 15.5 Å². The SMILES string of the molecule is CCCNC(Cc1nc(C2(C)CCCO2)no1)CC(C)C. The number of nitrogens with one attached hydrogen (secondary N) is 1. The predicted octanol–water partition coefficient (Wildman–Crippen LogP) is 3.05. The molecule has 0 aromatic carbocycles. The zero-order chi connectivity index (χ0) is 15.3. The zero-order valence-electron chi connectivity index (χ0n) is 13.8. The summed E-state index contributed by atoms with van der Waals surface area (Å²) in [6.07, 6.45) is 5.08. The van der Waals surface area contributed by atoms with Crippen LogP contribution in [0.3, 0.4) is 0 Å². The first kappa shape index (κ1) is 16.4. The molecule has 2 unspecified atom stereocenters. The van der Waals surface area contributed by atoms with Gasteiger partial charge < -0.3 is 14.6 Å². The Morgan fingerprint density at radius 3 is 2.81 bits per heavy atom. The summed E-state index contributed by atoms with van der Waals surface area (Å²) >= 11 is 0. The van der Waals surface area contributed by atoms with Crippen molar-refractivity contribution in [3.63, 3.8) is 0 Å². The third-order valence-corrected chi connectivity index (χ3v) is 4.02. The molecule has 5 heteroatoms. The fourth-order valence-electron chi connectivity index (χ4n) is 2.88. The van der Waals surface area contributed by atoms with Crippen molar-refractivity contribution in [1.29, 1.82) is 0 Å². The van der Waals surface area contributed by atoms with Crippen molar-refractivity contribution in [2.24, 2.45) is 5.92 Å². The normalized spacial score (nSPS) is 23.9. The van der Waals surface area contributed by atoms with E-state index in [0.29, 0.717) is 17.8 Å². The molecule has 1 fully saturated rings. The van der Waals surface area contributed by atoms with Crippen LogP contribution in [0.25, 0.3) is 0 Å². The van der Waals surface area contributed by atoms with Crippen LogP contribution in [0, 0.1) is 5.92 Å². The molecule has 2 heterocycles. The highest BCUT2D eigenvalue weighted by atomic mass is 16.5. The minimum atomic E-state index is -0.355. The largest absolute Gasteiger partial charge is 0.367 e. The lowest BCUT2D eigenvalue weighted by Gasteiger charge is -2.19. The van der Waals surface area contributed by atoms with Crippen molar-refractivity contribution in [2.45, 2.75) is 71.4 Å². The summed E-state index contributed by atoms with van der Waals surface area (Å²) in [7, 11) is 0. The first-order valence-electron chi connectivity index (χ1n) is 8.24. The van der Waals surface area contributed by atoms with Gasteiger partial charge in [-0.3, -0.25) is 0 Å². The smallest absolute Gasteiger partial charge is 0.228 e. The third kappa shape index (κ3) is 4.51. The van der Waals surface area contributed by atoms with E-state index in [1.54, 1.807) is 0 Å². The van der Waals surface area contributed by atoms with Crippen LogP contribution in [-0.4, -0.2) is 29.3 Å². The molecule has 1 aliphatic rings. The summed E-state index contributed by atoms with van der Waals surface area (Å²) in [5.74, 6) is 2.07. The summed E-state index contributed by atoms with van der Waals surface area (Å²) in [5, 5.41) is 7.72. The van der Waals surface area contributed by atoms with E-state index in [0.717, 1.165) is 51.1 Å². The molecule has 5 nitrogen and oxygen atoms in total. The summed E-state index contributed by atoms with van der Waals surface area (Å²) < 4.78 is 11.2. The van der Waals surface area contributed by atoms with Crippen LogP contribution < -0.4 is 5.32 Å². The van der Waals surface area contributed by atoms with Gasteiger partial charge in [0.15, 0.2) is 0 Å². The van der Waals surface area contributed by atoms with Gasteiger partial charge in [-0.05, 0) is 45.1 Å². The van der Waals surface area contributed by atoms with Gasteiger partial charge in [-0.2, -0.15) is 4.98 Å². The molecule has 21 heavy (non-hydrogen) atoms. The van der Waals surface area contributed by atoms with Crippen molar-refractivity contribution >= 4 is 0 Å². The van der Waals surface area contributed by atoms with E-state index < -0.39 is 0 Å². The maximum Gasteiger partial charge on any atom is 0.228 e. The van der Waals surface area contributed by atoms with E-state index in [-0.39, 0.29) is 5.60 Å². The van der Waals surface area contributed by atoms with Crippen LogP contribution in [0.5, 0.6) is 0 Å². The van der Waals surface area contributed by atoms with Crippen LogP contribution >= 0.6 is 0 Å². The Morgan fingerprint density at radius 2 is 2.19 bits per heavy atom. The number of rotatable bonds is 8. The van der Waals surface area contributed by atoms with Gasteiger partial charge in [-0.25, -0.2) is 0 Å². The zero-order valence-corrected chi connectivity index (χ0v) is 13.8. The Hall–Kier alpha value is -0.940. The fraction of sp³-hybridized carbons (Fsp3) is 0.875. The minimum Gasteiger partial charge on any atom is -0.367 e. The molecule has 1 aliphatic heterocycles. The van der Waals surface area contributed by atoms with E-state index in [1.165, 1.54) is 0 Å². The molecular formula is C16H29N3O2. The lowest BCUT2D eigenvalue weighted by molar-refractivity contribution is 0.00768. The van der Waals surface area contributed by atoms with Gasteiger partial charge in [0.05, 0.1) is 0 Å². The molecule has 1 aromatic rings. The lowest BCUT2D eigenvalue weighted by atomic mass is 10.0. The van der Waals surface area contributed by atoms with Gasteiger partial charge in [0, 0.05) is 19.1 Å². The van der Waals surface area contributed by atoms with Gasteiger partial charge >= 0.3 is 0 Å². The van der Waals surface area contributed by atoms with Crippen LogP contribution in [0.1, 0.15) is 65.1 Å². The molecule has 0 spiro atoms. The van der Waals surface area contributed by atoms with E-state index >= 15 is 0 Å². The average Bonchev–Trinajstić information content (AvgIpc) is 3.05. The van der Waals surface area contributed by atoms with Crippen LogP contribution in [0.4, 0.5) is 0 Å². The number of hydrogen-bond donors (Lipinski definition) is 1. The van der Waals surface area contributed by atoms with Gasteiger partial charge in [-0.15, -0.1) is 0 Å². The number of hydrogen-bond acceptors (Lipinski definition) is 5. The molecule has 0 saturated carbocycles. The maximum absolute atomic E-state index is 5.77. The van der Waals surface area contributed by atoms with E-state index in [4.69, 9.17) is 9.26 Å². The topological polar surface area (TPSA) is 60.2 Å². The Bertz CT molecular complexity index is 425. The summed E-state index contributed by atoms with van der Waals surface area (Å²) in [6, 6.07) is 0.399.